The summed E-state index contributed by atoms with van der Waals surface area (Å²) in [5.74, 6) is -1.24. The molecule has 21 heavy (non-hydrogen) atoms. The summed E-state index contributed by atoms with van der Waals surface area (Å²) in [6, 6.07) is 4.99. The van der Waals surface area contributed by atoms with Gasteiger partial charge in [0.25, 0.3) is 5.88 Å². The third-order valence-corrected chi connectivity index (χ3v) is 2.96. The zero-order valence-electron chi connectivity index (χ0n) is 11.7. The maximum atomic E-state index is 13.6. The van der Waals surface area contributed by atoms with Crippen LogP contribution in [-0.2, 0) is 6.42 Å². The summed E-state index contributed by atoms with van der Waals surface area (Å²) in [5, 5.41) is 0. The predicted molar refractivity (Wildman–Crippen MR) is 72.0 cm³/mol. The van der Waals surface area contributed by atoms with Crippen molar-refractivity contribution in [2.75, 3.05) is 0 Å². The highest BCUT2D eigenvalue weighted by molar-refractivity contribution is 5.27. The van der Waals surface area contributed by atoms with Gasteiger partial charge in [-0.05, 0) is 35.2 Å². The first-order chi connectivity index (χ1) is 9.95. The Bertz CT molecular complexity index is 618. The van der Waals surface area contributed by atoms with Crippen LogP contribution in [0.5, 0.6) is 5.88 Å². The van der Waals surface area contributed by atoms with Gasteiger partial charge in [-0.15, -0.1) is 0 Å². The monoisotopic (exact) mass is 296 g/mol. The predicted octanol–water partition coefficient (Wildman–Crippen LogP) is 3.93. The Morgan fingerprint density at radius 3 is 2.57 bits per heavy atom. The lowest BCUT2D eigenvalue weighted by atomic mass is 10.0. The molecule has 2 heterocycles. The Morgan fingerprint density at radius 2 is 1.95 bits per heavy atom. The van der Waals surface area contributed by atoms with Gasteiger partial charge in [-0.1, -0.05) is 13.8 Å². The van der Waals surface area contributed by atoms with E-state index in [4.69, 9.17) is 0 Å². The zero-order valence-corrected chi connectivity index (χ0v) is 11.7. The van der Waals surface area contributed by atoms with Gasteiger partial charge >= 0.3 is 6.61 Å². The van der Waals surface area contributed by atoms with Crippen LogP contribution >= 0.6 is 0 Å². The first-order valence-corrected chi connectivity index (χ1v) is 6.49. The molecule has 0 amide bonds. The van der Waals surface area contributed by atoms with Gasteiger partial charge in [0, 0.05) is 24.5 Å². The van der Waals surface area contributed by atoms with Crippen molar-refractivity contribution < 1.29 is 17.9 Å². The van der Waals surface area contributed by atoms with Crippen LogP contribution < -0.4 is 4.74 Å². The maximum absolute atomic E-state index is 13.6. The molecule has 0 atom stereocenters. The van der Waals surface area contributed by atoms with Gasteiger partial charge in [-0.2, -0.15) is 8.78 Å². The first-order valence-electron chi connectivity index (χ1n) is 6.49. The second kappa shape index (κ2) is 6.56. The quantitative estimate of drug-likeness (QED) is 0.838. The van der Waals surface area contributed by atoms with E-state index >= 15 is 0 Å². The van der Waals surface area contributed by atoms with E-state index in [9.17, 15) is 13.2 Å². The molecule has 0 aliphatic carbocycles. The van der Waals surface area contributed by atoms with Crippen molar-refractivity contribution >= 4 is 0 Å². The molecule has 0 N–H and O–H groups in total. The molecule has 112 valence electrons. The molecule has 6 heteroatoms. The van der Waals surface area contributed by atoms with Crippen molar-refractivity contribution in [3.8, 4) is 5.88 Å². The average molecular weight is 296 g/mol. The van der Waals surface area contributed by atoms with E-state index in [0.29, 0.717) is 17.9 Å². The van der Waals surface area contributed by atoms with Crippen molar-refractivity contribution in [2.45, 2.75) is 32.8 Å². The smallest absolute Gasteiger partial charge is 0.388 e. The molecule has 0 aliphatic heterocycles. The molecule has 2 aromatic rings. The second-order valence-electron chi connectivity index (χ2n) is 4.92. The van der Waals surface area contributed by atoms with Gasteiger partial charge in [0.2, 0.25) is 0 Å². The van der Waals surface area contributed by atoms with Crippen molar-refractivity contribution in [3.63, 3.8) is 0 Å². The number of alkyl halides is 2. The minimum atomic E-state index is -3.10. The molecule has 0 aromatic carbocycles. The molecule has 0 aliphatic rings. The molecule has 0 saturated carbocycles. The Balaban J connectivity index is 2.16. The van der Waals surface area contributed by atoms with Crippen molar-refractivity contribution in [3.05, 3.63) is 53.2 Å². The van der Waals surface area contributed by atoms with Gasteiger partial charge in [-0.25, -0.2) is 9.37 Å². The molecule has 0 saturated heterocycles. The molecule has 2 aromatic heterocycles. The number of nitrogens with zero attached hydrogens (tertiary/aromatic N) is 2. The van der Waals surface area contributed by atoms with Gasteiger partial charge in [0.15, 0.2) is 5.82 Å². The summed E-state index contributed by atoms with van der Waals surface area (Å²) in [6.45, 7) is 1.04. The molecule has 0 bridgehead atoms. The Kier molecular flexibility index (Phi) is 4.77. The van der Waals surface area contributed by atoms with Crippen molar-refractivity contribution in [2.24, 2.45) is 0 Å². The van der Waals surface area contributed by atoms with E-state index in [1.54, 1.807) is 6.20 Å². The molecule has 0 spiro atoms. The van der Waals surface area contributed by atoms with Crippen LogP contribution in [0.4, 0.5) is 13.2 Å². The van der Waals surface area contributed by atoms with Crippen LogP contribution in [0.3, 0.4) is 0 Å². The van der Waals surface area contributed by atoms with E-state index in [2.05, 4.69) is 28.6 Å². The molecule has 0 fully saturated rings. The van der Waals surface area contributed by atoms with Crippen LogP contribution in [0.25, 0.3) is 0 Å². The van der Waals surface area contributed by atoms with Crippen LogP contribution in [0, 0.1) is 5.82 Å². The zero-order chi connectivity index (χ0) is 15.4. The number of ether oxygens (including phenoxy) is 1. The maximum Gasteiger partial charge on any atom is 0.388 e. The average Bonchev–Trinajstić information content (AvgIpc) is 2.42. The van der Waals surface area contributed by atoms with Crippen LogP contribution in [0.15, 0.2) is 30.6 Å². The molecular weight excluding hydrogens is 281 g/mol. The number of hydrogen-bond acceptors (Lipinski definition) is 3. The summed E-state index contributed by atoms with van der Waals surface area (Å²) < 4.78 is 41.6. The largest absolute Gasteiger partial charge is 0.414 e. The van der Waals surface area contributed by atoms with Crippen LogP contribution in [0.2, 0.25) is 0 Å². The van der Waals surface area contributed by atoms with Crippen LogP contribution in [0.1, 0.15) is 36.6 Å². The highest BCUT2D eigenvalue weighted by Gasteiger charge is 2.12. The summed E-state index contributed by atoms with van der Waals surface area (Å²) in [4.78, 5) is 7.78. The highest BCUT2D eigenvalue weighted by Crippen LogP contribution is 2.20. The van der Waals surface area contributed by atoms with E-state index < -0.39 is 18.3 Å². The van der Waals surface area contributed by atoms with Gasteiger partial charge in [0.1, 0.15) is 0 Å². The van der Waals surface area contributed by atoms with E-state index in [-0.39, 0.29) is 0 Å². The van der Waals surface area contributed by atoms with Crippen molar-refractivity contribution in [1.29, 1.82) is 0 Å². The normalized spacial score (nSPS) is 11.2. The molecule has 2 rings (SSSR count). The second-order valence-corrected chi connectivity index (χ2v) is 4.92. The lowest BCUT2D eigenvalue weighted by molar-refractivity contribution is -0.0553. The summed E-state index contributed by atoms with van der Waals surface area (Å²) in [5.41, 5.74) is 2.44. The third kappa shape index (κ3) is 4.18. The SMILES string of the molecule is CC(C)c1ccnc(Cc2cnc(OC(F)F)c(F)c2)c1. The fourth-order valence-corrected chi connectivity index (χ4v) is 1.89. The van der Waals surface area contributed by atoms with E-state index in [1.165, 1.54) is 6.20 Å². The molecule has 3 nitrogen and oxygen atoms in total. The fourth-order valence-electron chi connectivity index (χ4n) is 1.89. The lowest BCUT2D eigenvalue weighted by Gasteiger charge is -2.08. The molecule has 0 radical (unpaired) electrons. The highest BCUT2D eigenvalue weighted by atomic mass is 19.3. The number of halogens is 3. The fraction of sp³-hybridized carbons (Fsp3) is 0.333. The summed E-state index contributed by atoms with van der Waals surface area (Å²) in [7, 11) is 0. The number of rotatable bonds is 5. The van der Waals surface area contributed by atoms with Crippen molar-refractivity contribution in [1.82, 2.24) is 9.97 Å². The lowest BCUT2D eigenvalue weighted by Crippen LogP contribution is -2.06. The minimum absolute atomic E-state index is 0.364. The van der Waals surface area contributed by atoms with E-state index in [1.807, 2.05) is 12.1 Å². The topological polar surface area (TPSA) is 35.0 Å². The van der Waals surface area contributed by atoms with Gasteiger partial charge in [-0.3, -0.25) is 4.98 Å². The standard InChI is InChI=1S/C15H15F3N2O/c1-9(2)11-3-4-19-12(7-11)5-10-6-13(16)14(20-8-10)21-15(17)18/h3-4,6-9,15H,5H2,1-2H3. The summed E-state index contributed by atoms with van der Waals surface area (Å²) >= 11 is 0. The minimum Gasteiger partial charge on any atom is -0.414 e. The van der Waals surface area contributed by atoms with Gasteiger partial charge in [0.05, 0.1) is 0 Å². The summed E-state index contributed by atoms with van der Waals surface area (Å²) in [6.07, 6.45) is 3.38. The molecular formula is C15H15F3N2O. The van der Waals surface area contributed by atoms with Gasteiger partial charge < -0.3 is 4.74 Å². The van der Waals surface area contributed by atoms with Crippen LogP contribution in [-0.4, -0.2) is 16.6 Å². The third-order valence-electron chi connectivity index (χ3n) is 2.96. The Morgan fingerprint density at radius 1 is 1.19 bits per heavy atom. The Labute approximate surface area is 120 Å². The Hall–Kier alpha value is -2.11. The number of aromatic nitrogens is 2. The number of pyridine rings is 2. The molecule has 0 unspecified atom stereocenters. The van der Waals surface area contributed by atoms with E-state index in [0.717, 1.165) is 17.3 Å². The first kappa shape index (κ1) is 15.3. The number of hydrogen-bond donors (Lipinski definition) is 0.